The van der Waals surface area contributed by atoms with E-state index < -0.39 is 15.9 Å². The molecule has 154 valence electrons. The summed E-state index contributed by atoms with van der Waals surface area (Å²) < 4.78 is 28.0. The van der Waals surface area contributed by atoms with Crippen LogP contribution in [0.2, 0.25) is 10.0 Å². The highest BCUT2D eigenvalue weighted by atomic mass is 35.5. The van der Waals surface area contributed by atoms with Gasteiger partial charge in [-0.25, -0.2) is 8.42 Å². The summed E-state index contributed by atoms with van der Waals surface area (Å²) in [7, 11) is -4.04. The van der Waals surface area contributed by atoms with E-state index in [4.69, 9.17) is 23.2 Å². The molecule has 1 atom stereocenters. The summed E-state index contributed by atoms with van der Waals surface area (Å²) in [6.07, 6.45) is 5.10. The van der Waals surface area contributed by atoms with Crippen molar-refractivity contribution in [3.8, 4) is 0 Å². The normalized spacial score (nSPS) is 16.7. The van der Waals surface area contributed by atoms with Crippen LogP contribution in [-0.2, 0) is 10.0 Å². The molecular weight excluding hydrogens is 433 g/mol. The van der Waals surface area contributed by atoms with E-state index in [1.165, 1.54) is 24.3 Å². The summed E-state index contributed by atoms with van der Waals surface area (Å²) in [5.41, 5.74) is 6.85. The molecule has 0 saturated heterocycles. The zero-order valence-corrected chi connectivity index (χ0v) is 18.0. The maximum Gasteiger partial charge on any atom is 0.269 e. The van der Waals surface area contributed by atoms with Gasteiger partial charge in [0.05, 0.1) is 15.7 Å². The van der Waals surface area contributed by atoms with Crippen molar-refractivity contribution < 1.29 is 13.2 Å². The smallest absolute Gasteiger partial charge is 0.269 e. The minimum Gasteiger partial charge on any atom is -0.303 e. The molecule has 0 unspecified atom stereocenters. The van der Waals surface area contributed by atoms with Gasteiger partial charge in [-0.1, -0.05) is 48.3 Å². The lowest BCUT2D eigenvalue weighted by Gasteiger charge is -2.19. The first-order chi connectivity index (χ1) is 13.8. The van der Waals surface area contributed by atoms with Crippen LogP contribution in [0.1, 0.15) is 36.5 Å². The van der Waals surface area contributed by atoms with Gasteiger partial charge < -0.3 is 5.43 Å². The van der Waals surface area contributed by atoms with E-state index in [-0.39, 0.29) is 26.2 Å². The predicted octanol–water partition coefficient (Wildman–Crippen LogP) is 4.73. The molecule has 1 aliphatic rings. The molecule has 0 radical (unpaired) electrons. The number of anilines is 1. The number of allylic oxidation sites excluding steroid dienone is 2. The van der Waals surface area contributed by atoms with Crippen LogP contribution in [0, 0.1) is 5.92 Å². The van der Waals surface area contributed by atoms with Gasteiger partial charge in [-0.3, -0.25) is 14.9 Å². The molecule has 0 heterocycles. The summed E-state index contributed by atoms with van der Waals surface area (Å²) in [5, 5.41) is 0.248. The molecule has 2 aromatic carbocycles. The van der Waals surface area contributed by atoms with Gasteiger partial charge >= 0.3 is 0 Å². The number of hydrogen-bond acceptors (Lipinski definition) is 4. The molecule has 0 aromatic heterocycles. The number of nitrogens with one attached hydrogen (secondary N) is 3. The maximum absolute atomic E-state index is 12.8. The highest BCUT2D eigenvalue weighted by Crippen LogP contribution is 2.28. The Bertz CT molecular complexity index is 1050. The molecule has 0 spiro atoms. The Balaban J connectivity index is 1.78. The highest BCUT2D eigenvalue weighted by Gasteiger charge is 2.21. The van der Waals surface area contributed by atoms with Crippen molar-refractivity contribution in [1.82, 2.24) is 10.9 Å². The molecule has 0 saturated carbocycles. The number of benzene rings is 2. The monoisotopic (exact) mass is 453 g/mol. The Kier molecular flexibility index (Phi) is 6.72. The van der Waals surface area contributed by atoms with Gasteiger partial charge in [-0.2, -0.15) is 0 Å². The Morgan fingerprint density at radius 1 is 1.10 bits per heavy atom. The molecule has 9 heteroatoms. The van der Waals surface area contributed by atoms with Crippen LogP contribution in [0.4, 0.5) is 5.69 Å². The first-order valence-electron chi connectivity index (χ1n) is 9.10. The van der Waals surface area contributed by atoms with E-state index >= 15 is 0 Å². The molecule has 6 nitrogen and oxygen atoms in total. The number of hydrazine groups is 1. The first kappa shape index (κ1) is 21.5. The number of halogens is 2. The van der Waals surface area contributed by atoms with Crippen molar-refractivity contribution in [3.05, 3.63) is 69.8 Å². The number of hydrogen-bond donors (Lipinski definition) is 3. The molecule has 1 amide bonds. The summed E-state index contributed by atoms with van der Waals surface area (Å²) in [6.45, 7) is 2.12. The van der Waals surface area contributed by atoms with Gasteiger partial charge in [-0.05, 0) is 55.5 Å². The van der Waals surface area contributed by atoms with Crippen molar-refractivity contribution in [2.24, 2.45) is 5.92 Å². The molecule has 0 aliphatic heterocycles. The van der Waals surface area contributed by atoms with Crippen LogP contribution in [0.3, 0.4) is 0 Å². The van der Waals surface area contributed by atoms with Gasteiger partial charge in [0.25, 0.3) is 15.9 Å². The number of para-hydroxylation sites is 1. The van der Waals surface area contributed by atoms with E-state index in [1.807, 2.05) is 0 Å². The molecule has 0 bridgehead atoms. The fourth-order valence-corrected chi connectivity index (χ4v) is 4.88. The standard InChI is InChI=1S/C20H21Cl2N3O3S/c1-13-5-4-6-15(11-13)23-24-20(26)14-9-10-17(22)19(12-14)29(27,28)25-18-8-3-2-7-16(18)21/h2-3,7-13,23,25H,4-6H2,1H3,(H,24,26)/t13-/m0/s1. The Labute approximate surface area is 180 Å². The van der Waals surface area contributed by atoms with E-state index in [9.17, 15) is 13.2 Å². The lowest BCUT2D eigenvalue weighted by Crippen LogP contribution is -2.37. The van der Waals surface area contributed by atoms with Crippen LogP contribution in [-0.4, -0.2) is 14.3 Å². The van der Waals surface area contributed by atoms with Gasteiger partial charge in [-0.15, -0.1) is 0 Å². The minimum absolute atomic E-state index is 0.00197. The van der Waals surface area contributed by atoms with Gasteiger partial charge in [0.1, 0.15) is 4.90 Å². The average molecular weight is 454 g/mol. The van der Waals surface area contributed by atoms with Crippen LogP contribution < -0.4 is 15.6 Å². The van der Waals surface area contributed by atoms with E-state index in [1.54, 1.807) is 18.2 Å². The summed E-state index contributed by atoms with van der Waals surface area (Å²) in [6, 6.07) is 10.5. The van der Waals surface area contributed by atoms with E-state index in [2.05, 4.69) is 28.6 Å². The van der Waals surface area contributed by atoms with Gasteiger partial charge in [0.2, 0.25) is 0 Å². The van der Waals surface area contributed by atoms with Crippen LogP contribution >= 0.6 is 23.2 Å². The molecule has 2 aromatic rings. The third kappa shape index (κ3) is 5.44. The summed E-state index contributed by atoms with van der Waals surface area (Å²) in [4.78, 5) is 12.3. The summed E-state index contributed by atoms with van der Waals surface area (Å²) in [5.74, 6) is -0.0127. The second kappa shape index (κ2) is 9.07. The van der Waals surface area contributed by atoms with Crippen molar-refractivity contribution in [2.45, 2.75) is 31.1 Å². The average Bonchev–Trinajstić information content (AvgIpc) is 2.68. The van der Waals surface area contributed by atoms with Crippen LogP contribution in [0.5, 0.6) is 0 Å². The number of rotatable bonds is 6. The van der Waals surface area contributed by atoms with E-state index in [0.717, 1.165) is 25.0 Å². The topological polar surface area (TPSA) is 87.3 Å². The molecule has 0 fully saturated rings. The zero-order chi connectivity index (χ0) is 21.0. The van der Waals surface area contributed by atoms with Crippen molar-refractivity contribution >= 4 is 44.8 Å². The van der Waals surface area contributed by atoms with Crippen molar-refractivity contribution in [2.75, 3.05) is 4.72 Å². The molecule has 29 heavy (non-hydrogen) atoms. The minimum atomic E-state index is -4.04. The molecule has 3 N–H and O–H groups in total. The van der Waals surface area contributed by atoms with Gasteiger partial charge in [0.15, 0.2) is 0 Å². The number of amides is 1. The first-order valence-corrected chi connectivity index (χ1v) is 11.3. The van der Waals surface area contributed by atoms with Gasteiger partial charge in [0, 0.05) is 11.3 Å². The SMILES string of the molecule is C[C@@H]1C=C(NNC(=O)c2ccc(Cl)c(S(=O)(=O)Nc3ccccc3Cl)c2)CCC1. The molecular formula is C20H21Cl2N3O3S. The molecule has 3 rings (SSSR count). The zero-order valence-electron chi connectivity index (χ0n) is 15.7. The van der Waals surface area contributed by atoms with Crippen LogP contribution in [0.15, 0.2) is 59.1 Å². The third-order valence-electron chi connectivity index (χ3n) is 4.53. The predicted molar refractivity (Wildman–Crippen MR) is 115 cm³/mol. The second-order valence-corrected chi connectivity index (χ2v) is 9.34. The van der Waals surface area contributed by atoms with E-state index in [0.29, 0.717) is 5.92 Å². The number of sulfonamides is 1. The number of carbonyl (C=O) groups excluding carboxylic acids is 1. The lowest BCUT2D eigenvalue weighted by molar-refractivity contribution is 0.0937. The number of carbonyl (C=O) groups is 1. The Morgan fingerprint density at radius 3 is 2.59 bits per heavy atom. The van der Waals surface area contributed by atoms with Crippen molar-refractivity contribution in [1.29, 1.82) is 0 Å². The maximum atomic E-state index is 12.8. The van der Waals surface area contributed by atoms with Crippen LogP contribution in [0.25, 0.3) is 0 Å². The Morgan fingerprint density at radius 2 is 1.86 bits per heavy atom. The quantitative estimate of drug-likeness (QED) is 0.551. The lowest BCUT2D eigenvalue weighted by atomic mass is 9.96. The highest BCUT2D eigenvalue weighted by molar-refractivity contribution is 7.92. The largest absolute Gasteiger partial charge is 0.303 e. The molecule has 1 aliphatic carbocycles. The third-order valence-corrected chi connectivity index (χ3v) is 6.71. The second-order valence-electron chi connectivity index (χ2n) is 6.87. The summed E-state index contributed by atoms with van der Waals surface area (Å²) >= 11 is 12.1. The fraction of sp³-hybridized carbons (Fsp3) is 0.250. The van der Waals surface area contributed by atoms with Crippen molar-refractivity contribution in [3.63, 3.8) is 0 Å². The fourth-order valence-electron chi connectivity index (χ4n) is 3.03. The Hall–Kier alpha value is -2.22.